The van der Waals surface area contributed by atoms with Crippen LogP contribution in [0, 0.1) is 5.82 Å². The van der Waals surface area contributed by atoms with E-state index in [-0.39, 0.29) is 16.8 Å². The first-order valence-electron chi connectivity index (χ1n) is 6.83. The van der Waals surface area contributed by atoms with Gasteiger partial charge in [0.15, 0.2) is 5.78 Å². The second-order valence-electron chi connectivity index (χ2n) is 5.50. The molecule has 1 aliphatic heterocycles. The van der Waals surface area contributed by atoms with Crippen molar-refractivity contribution in [2.24, 2.45) is 0 Å². The predicted molar refractivity (Wildman–Crippen MR) is 78.7 cm³/mol. The Morgan fingerprint density at radius 3 is 2.85 bits per heavy atom. The Labute approximate surface area is 124 Å². The molecule has 3 nitrogen and oxygen atoms in total. The average molecular weight is 299 g/mol. The van der Waals surface area contributed by atoms with Crippen LogP contribution in [0.4, 0.5) is 4.39 Å². The molecule has 0 N–H and O–H groups in total. The molecule has 1 saturated heterocycles. The van der Waals surface area contributed by atoms with Gasteiger partial charge in [-0.15, -0.1) is 0 Å². The molecule has 0 radical (unpaired) electrons. The molecule has 1 aromatic carbocycles. The number of ketones is 1. The first-order chi connectivity index (χ1) is 9.47. The molecule has 1 heterocycles. The van der Waals surface area contributed by atoms with Crippen LogP contribution in [-0.4, -0.2) is 55.4 Å². The van der Waals surface area contributed by atoms with E-state index >= 15 is 0 Å². The molecule has 1 aromatic rings. The molecule has 110 valence electrons. The molecule has 1 aliphatic rings. The number of carbonyl (C=O) groups is 1. The topological polar surface area (TPSA) is 23.6 Å². The molecule has 0 aromatic heterocycles. The number of hydrogen-bond acceptors (Lipinski definition) is 3. The van der Waals surface area contributed by atoms with Crippen molar-refractivity contribution in [3.05, 3.63) is 34.6 Å². The summed E-state index contributed by atoms with van der Waals surface area (Å²) in [6.07, 6.45) is 1.36. The van der Waals surface area contributed by atoms with Crippen LogP contribution in [-0.2, 0) is 11.2 Å². The van der Waals surface area contributed by atoms with Crippen molar-refractivity contribution >= 4 is 17.4 Å². The van der Waals surface area contributed by atoms with Crippen LogP contribution < -0.4 is 0 Å². The molecule has 1 unspecified atom stereocenters. The highest BCUT2D eigenvalue weighted by Crippen LogP contribution is 2.18. The first kappa shape index (κ1) is 15.4. The van der Waals surface area contributed by atoms with Gasteiger partial charge in [-0.3, -0.25) is 9.69 Å². The molecule has 0 aliphatic carbocycles. The lowest BCUT2D eigenvalue weighted by molar-refractivity contribution is -0.123. The van der Waals surface area contributed by atoms with Crippen LogP contribution in [0.2, 0.25) is 5.02 Å². The van der Waals surface area contributed by atoms with E-state index in [0.717, 1.165) is 31.6 Å². The molecule has 0 amide bonds. The van der Waals surface area contributed by atoms with Gasteiger partial charge in [-0.05, 0) is 51.3 Å². The molecule has 0 spiro atoms. The highest BCUT2D eigenvalue weighted by Gasteiger charge is 2.26. The Kier molecular flexibility index (Phi) is 5.13. The Morgan fingerprint density at radius 2 is 2.15 bits per heavy atom. The van der Waals surface area contributed by atoms with E-state index in [4.69, 9.17) is 11.6 Å². The number of nitrogens with zero attached hydrogens (tertiary/aromatic N) is 2. The summed E-state index contributed by atoms with van der Waals surface area (Å²) < 4.78 is 13.1. The number of rotatable bonds is 3. The van der Waals surface area contributed by atoms with E-state index in [9.17, 15) is 9.18 Å². The lowest BCUT2D eigenvalue weighted by atomic mass is 10.0. The Bertz CT molecular complexity index is 495. The SMILES string of the molecule is CN1CCCN(C)C(C(=O)Cc2ccc(F)c(Cl)c2)C1. The highest BCUT2D eigenvalue weighted by atomic mass is 35.5. The molecular formula is C15H20ClFN2O. The van der Waals surface area contributed by atoms with E-state index in [1.54, 1.807) is 6.07 Å². The molecule has 2 rings (SSSR count). The molecule has 5 heteroatoms. The first-order valence-corrected chi connectivity index (χ1v) is 7.20. The molecule has 0 bridgehead atoms. The zero-order valence-electron chi connectivity index (χ0n) is 11.9. The monoisotopic (exact) mass is 298 g/mol. The standard InChI is InChI=1S/C15H20ClFN2O/c1-18-6-3-7-19(2)14(10-18)15(20)9-11-4-5-13(17)12(16)8-11/h4-5,8,14H,3,6-7,9-10H2,1-2H3. The number of benzene rings is 1. The minimum Gasteiger partial charge on any atom is -0.304 e. The van der Waals surface area contributed by atoms with Crippen LogP contribution in [0.1, 0.15) is 12.0 Å². The lowest BCUT2D eigenvalue weighted by Gasteiger charge is -2.26. The van der Waals surface area contributed by atoms with Gasteiger partial charge in [-0.25, -0.2) is 4.39 Å². The quantitative estimate of drug-likeness (QED) is 0.855. The molecule has 1 atom stereocenters. The Hall–Kier alpha value is -0.970. The number of carbonyl (C=O) groups excluding carboxylic acids is 1. The highest BCUT2D eigenvalue weighted by molar-refractivity contribution is 6.30. The third-order valence-electron chi connectivity index (χ3n) is 3.80. The van der Waals surface area contributed by atoms with Gasteiger partial charge >= 0.3 is 0 Å². The summed E-state index contributed by atoms with van der Waals surface area (Å²) in [6.45, 7) is 2.67. The smallest absolute Gasteiger partial charge is 0.155 e. The third-order valence-corrected chi connectivity index (χ3v) is 4.09. The largest absolute Gasteiger partial charge is 0.304 e. The number of Topliss-reactive ketones (excluding diaryl/α,β-unsaturated/α-hetero) is 1. The minimum absolute atomic E-state index is 0.0710. The van der Waals surface area contributed by atoms with Crippen LogP contribution in [0.15, 0.2) is 18.2 Å². The summed E-state index contributed by atoms with van der Waals surface area (Å²) in [5.74, 6) is -0.293. The summed E-state index contributed by atoms with van der Waals surface area (Å²) in [4.78, 5) is 16.8. The van der Waals surface area contributed by atoms with E-state index in [1.165, 1.54) is 12.1 Å². The summed E-state index contributed by atoms with van der Waals surface area (Å²) >= 11 is 5.76. The Morgan fingerprint density at radius 1 is 1.40 bits per heavy atom. The van der Waals surface area contributed by atoms with Crippen molar-refractivity contribution in [3.63, 3.8) is 0 Å². The predicted octanol–water partition coefficient (Wildman–Crippen LogP) is 2.23. The van der Waals surface area contributed by atoms with Crippen molar-refractivity contribution in [3.8, 4) is 0 Å². The second kappa shape index (κ2) is 6.66. The maximum Gasteiger partial charge on any atom is 0.155 e. The van der Waals surface area contributed by atoms with E-state index in [2.05, 4.69) is 9.80 Å². The van der Waals surface area contributed by atoms with Gasteiger partial charge in [-0.2, -0.15) is 0 Å². The van der Waals surface area contributed by atoms with E-state index < -0.39 is 5.82 Å². The summed E-state index contributed by atoms with van der Waals surface area (Å²) in [6, 6.07) is 4.37. The van der Waals surface area contributed by atoms with Crippen molar-refractivity contribution < 1.29 is 9.18 Å². The maximum absolute atomic E-state index is 13.1. The molecular weight excluding hydrogens is 279 g/mol. The molecule has 20 heavy (non-hydrogen) atoms. The summed E-state index contributed by atoms with van der Waals surface area (Å²) in [7, 11) is 4.02. The normalized spacial score (nSPS) is 21.7. The van der Waals surface area contributed by atoms with Crippen molar-refractivity contribution in [2.75, 3.05) is 33.7 Å². The van der Waals surface area contributed by atoms with Crippen LogP contribution >= 0.6 is 11.6 Å². The lowest BCUT2D eigenvalue weighted by Crippen LogP contribution is -2.44. The Balaban J connectivity index is 2.07. The van der Waals surface area contributed by atoms with Crippen LogP contribution in [0.5, 0.6) is 0 Å². The molecule has 0 saturated carbocycles. The van der Waals surface area contributed by atoms with Gasteiger partial charge < -0.3 is 4.90 Å². The van der Waals surface area contributed by atoms with Crippen molar-refractivity contribution in [1.82, 2.24) is 9.80 Å². The zero-order chi connectivity index (χ0) is 14.7. The van der Waals surface area contributed by atoms with Gasteiger partial charge in [0.2, 0.25) is 0 Å². The third kappa shape index (κ3) is 3.78. The second-order valence-corrected chi connectivity index (χ2v) is 5.91. The summed E-state index contributed by atoms with van der Waals surface area (Å²) in [5, 5.41) is 0.0710. The zero-order valence-corrected chi connectivity index (χ0v) is 12.7. The average Bonchev–Trinajstić information content (AvgIpc) is 2.56. The summed E-state index contributed by atoms with van der Waals surface area (Å²) in [5.41, 5.74) is 0.765. The van der Waals surface area contributed by atoms with Crippen molar-refractivity contribution in [1.29, 1.82) is 0 Å². The van der Waals surface area contributed by atoms with Gasteiger partial charge in [0.25, 0.3) is 0 Å². The fourth-order valence-corrected chi connectivity index (χ4v) is 2.79. The number of likely N-dealkylation sites (N-methyl/N-ethyl adjacent to an activating group) is 2. The minimum atomic E-state index is -0.450. The van der Waals surface area contributed by atoms with E-state index in [0.29, 0.717) is 6.42 Å². The van der Waals surface area contributed by atoms with E-state index in [1.807, 2.05) is 14.1 Å². The van der Waals surface area contributed by atoms with Crippen LogP contribution in [0.25, 0.3) is 0 Å². The van der Waals surface area contributed by atoms with Gasteiger partial charge in [-0.1, -0.05) is 17.7 Å². The number of halogens is 2. The number of hydrogen-bond donors (Lipinski definition) is 0. The van der Waals surface area contributed by atoms with Gasteiger partial charge in [0, 0.05) is 13.0 Å². The van der Waals surface area contributed by atoms with Crippen LogP contribution in [0.3, 0.4) is 0 Å². The van der Waals surface area contributed by atoms with Crippen molar-refractivity contribution in [2.45, 2.75) is 18.9 Å². The fourth-order valence-electron chi connectivity index (χ4n) is 2.59. The fraction of sp³-hybridized carbons (Fsp3) is 0.533. The van der Waals surface area contributed by atoms with Gasteiger partial charge in [0.1, 0.15) is 5.82 Å². The van der Waals surface area contributed by atoms with Gasteiger partial charge in [0.05, 0.1) is 11.1 Å². The molecule has 1 fully saturated rings. The maximum atomic E-state index is 13.1.